The van der Waals surface area contributed by atoms with Gasteiger partial charge in [-0.1, -0.05) is 6.42 Å². The standard InChI is InChI=1S/C8H16N2O2.2ClH/c9-6-7(8(11)12)10-4-2-1-3-5-10;;/h7H,1-6,9H2,(H,11,12);2*1H/t7-;;/m1../s1. The van der Waals surface area contributed by atoms with Crippen molar-refractivity contribution in [2.24, 2.45) is 5.73 Å². The summed E-state index contributed by atoms with van der Waals surface area (Å²) in [5, 5.41) is 8.80. The number of nitrogens with two attached hydrogens (primary N) is 1. The Bertz CT molecular complexity index is 163. The average Bonchev–Trinajstić information content (AvgIpc) is 2.07. The first-order chi connectivity index (χ1) is 5.75. The Morgan fingerprint density at radius 3 is 2.14 bits per heavy atom. The van der Waals surface area contributed by atoms with Crippen LogP contribution in [0.1, 0.15) is 19.3 Å². The molecule has 0 amide bonds. The lowest BCUT2D eigenvalue weighted by Gasteiger charge is -2.30. The van der Waals surface area contributed by atoms with E-state index in [1.165, 1.54) is 6.42 Å². The Hall–Kier alpha value is -0.0300. The highest BCUT2D eigenvalue weighted by molar-refractivity contribution is 5.85. The molecule has 1 aliphatic heterocycles. The van der Waals surface area contributed by atoms with E-state index in [-0.39, 0.29) is 31.4 Å². The fourth-order valence-corrected chi connectivity index (χ4v) is 1.64. The average molecular weight is 245 g/mol. The summed E-state index contributed by atoms with van der Waals surface area (Å²) in [6.07, 6.45) is 3.42. The normalized spacial score (nSPS) is 18.9. The molecule has 4 nitrogen and oxygen atoms in total. The number of hydrogen-bond acceptors (Lipinski definition) is 3. The van der Waals surface area contributed by atoms with E-state index in [0.717, 1.165) is 25.9 Å². The predicted octanol–water partition coefficient (Wildman–Crippen LogP) is 0.728. The van der Waals surface area contributed by atoms with Crippen LogP contribution in [-0.2, 0) is 4.79 Å². The molecule has 1 aliphatic rings. The number of halogens is 2. The van der Waals surface area contributed by atoms with Crippen LogP contribution >= 0.6 is 24.8 Å². The lowest BCUT2D eigenvalue weighted by molar-refractivity contribution is -0.143. The van der Waals surface area contributed by atoms with E-state index in [4.69, 9.17) is 10.8 Å². The highest BCUT2D eigenvalue weighted by atomic mass is 35.5. The van der Waals surface area contributed by atoms with E-state index >= 15 is 0 Å². The van der Waals surface area contributed by atoms with Crippen molar-refractivity contribution in [3.05, 3.63) is 0 Å². The predicted molar refractivity (Wildman–Crippen MR) is 60.4 cm³/mol. The molecule has 0 bridgehead atoms. The van der Waals surface area contributed by atoms with Gasteiger partial charge in [0.25, 0.3) is 0 Å². The van der Waals surface area contributed by atoms with Crippen molar-refractivity contribution < 1.29 is 9.90 Å². The molecule has 0 spiro atoms. The SMILES string of the molecule is Cl.Cl.NC[C@H](C(=O)O)N1CCCCC1. The Morgan fingerprint density at radius 1 is 1.29 bits per heavy atom. The molecule has 1 rings (SSSR count). The smallest absolute Gasteiger partial charge is 0.322 e. The fraction of sp³-hybridized carbons (Fsp3) is 0.875. The molecular weight excluding hydrogens is 227 g/mol. The molecule has 1 saturated heterocycles. The quantitative estimate of drug-likeness (QED) is 0.769. The van der Waals surface area contributed by atoms with Gasteiger partial charge < -0.3 is 10.8 Å². The second-order valence-corrected chi connectivity index (χ2v) is 3.19. The number of carboxylic acids is 1. The van der Waals surface area contributed by atoms with Crippen LogP contribution in [0.15, 0.2) is 0 Å². The molecule has 0 saturated carbocycles. The minimum Gasteiger partial charge on any atom is -0.480 e. The highest BCUT2D eigenvalue weighted by Gasteiger charge is 2.24. The zero-order valence-corrected chi connectivity index (χ0v) is 9.65. The summed E-state index contributed by atoms with van der Waals surface area (Å²) in [6.45, 7) is 1.98. The van der Waals surface area contributed by atoms with Gasteiger partial charge >= 0.3 is 5.97 Å². The maximum absolute atomic E-state index is 10.7. The van der Waals surface area contributed by atoms with Crippen LogP contribution in [0, 0.1) is 0 Å². The van der Waals surface area contributed by atoms with Gasteiger partial charge in [0, 0.05) is 6.54 Å². The molecular formula is C8H18Cl2N2O2. The summed E-state index contributed by atoms with van der Waals surface area (Å²) < 4.78 is 0. The summed E-state index contributed by atoms with van der Waals surface area (Å²) in [6, 6.07) is -0.467. The van der Waals surface area contributed by atoms with Crippen molar-refractivity contribution in [2.45, 2.75) is 25.3 Å². The number of carboxylic acid groups (broad SMARTS) is 1. The first-order valence-corrected chi connectivity index (χ1v) is 4.42. The molecule has 1 heterocycles. The van der Waals surface area contributed by atoms with Crippen molar-refractivity contribution in [1.82, 2.24) is 4.90 Å². The molecule has 3 N–H and O–H groups in total. The van der Waals surface area contributed by atoms with E-state index < -0.39 is 12.0 Å². The van der Waals surface area contributed by atoms with E-state index in [2.05, 4.69) is 0 Å². The van der Waals surface area contributed by atoms with Crippen LogP contribution in [0.25, 0.3) is 0 Å². The Labute approximate surface area is 96.6 Å². The number of hydrogen-bond donors (Lipinski definition) is 2. The van der Waals surface area contributed by atoms with Gasteiger partial charge in [0.2, 0.25) is 0 Å². The Kier molecular flexibility index (Phi) is 9.72. The number of carbonyl (C=O) groups is 1. The van der Waals surface area contributed by atoms with Crippen molar-refractivity contribution >= 4 is 30.8 Å². The molecule has 0 aromatic carbocycles. The number of likely N-dealkylation sites (tertiary alicyclic amines) is 1. The van der Waals surface area contributed by atoms with E-state index in [1.807, 2.05) is 4.90 Å². The van der Waals surface area contributed by atoms with Gasteiger partial charge in [-0.25, -0.2) is 0 Å². The lowest BCUT2D eigenvalue weighted by atomic mass is 10.1. The lowest BCUT2D eigenvalue weighted by Crippen LogP contribution is -2.48. The van der Waals surface area contributed by atoms with Crippen LogP contribution in [0.5, 0.6) is 0 Å². The van der Waals surface area contributed by atoms with Gasteiger partial charge in [-0.15, -0.1) is 24.8 Å². The third-order valence-electron chi connectivity index (χ3n) is 2.34. The van der Waals surface area contributed by atoms with Crippen LogP contribution in [0.2, 0.25) is 0 Å². The number of rotatable bonds is 3. The maximum atomic E-state index is 10.7. The zero-order valence-electron chi connectivity index (χ0n) is 8.02. The molecule has 0 unspecified atom stereocenters. The second kappa shape index (κ2) is 8.29. The van der Waals surface area contributed by atoms with Gasteiger partial charge in [-0.05, 0) is 25.9 Å². The number of aliphatic carboxylic acids is 1. The zero-order chi connectivity index (χ0) is 8.97. The van der Waals surface area contributed by atoms with Crippen molar-refractivity contribution in [3.63, 3.8) is 0 Å². The van der Waals surface area contributed by atoms with Crippen LogP contribution < -0.4 is 5.73 Å². The maximum Gasteiger partial charge on any atom is 0.322 e. The molecule has 0 radical (unpaired) electrons. The summed E-state index contributed by atoms with van der Waals surface area (Å²) in [4.78, 5) is 12.7. The highest BCUT2D eigenvalue weighted by Crippen LogP contribution is 2.11. The summed E-state index contributed by atoms with van der Waals surface area (Å²) in [5.41, 5.74) is 5.38. The van der Waals surface area contributed by atoms with Gasteiger partial charge in [0.15, 0.2) is 0 Å². The van der Waals surface area contributed by atoms with Gasteiger partial charge in [-0.3, -0.25) is 9.69 Å². The molecule has 0 aromatic heterocycles. The minimum absolute atomic E-state index is 0. The summed E-state index contributed by atoms with van der Waals surface area (Å²) in [5.74, 6) is -0.792. The molecule has 0 aromatic rings. The topological polar surface area (TPSA) is 66.6 Å². The van der Waals surface area contributed by atoms with Crippen molar-refractivity contribution in [3.8, 4) is 0 Å². The van der Waals surface area contributed by atoms with Crippen molar-refractivity contribution in [1.29, 1.82) is 0 Å². The van der Waals surface area contributed by atoms with Crippen LogP contribution in [0.3, 0.4) is 0 Å². The Morgan fingerprint density at radius 2 is 1.79 bits per heavy atom. The van der Waals surface area contributed by atoms with Crippen molar-refractivity contribution in [2.75, 3.05) is 19.6 Å². The first kappa shape index (κ1) is 16.4. The summed E-state index contributed by atoms with van der Waals surface area (Å²) >= 11 is 0. The molecule has 0 aliphatic carbocycles. The fourth-order valence-electron chi connectivity index (χ4n) is 1.64. The Balaban J connectivity index is 0. The number of nitrogens with zero attached hydrogens (tertiary/aromatic N) is 1. The molecule has 1 fully saturated rings. The summed E-state index contributed by atoms with van der Waals surface area (Å²) in [7, 11) is 0. The van der Waals surface area contributed by atoms with Crippen LogP contribution in [0.4, 0.5) is 0 Å². The monoisotopic (exact) mass is 244 g/mol. The second-order valence-electron chi connectivity index (χ2n) is 3.19. The third-order valence-corrected chi connectivity index (χ3v) is 2.34. The van der Waals surface area contributed by atoms with E-state index in [0.29, 0.717) is 0 Å². The minimum atomic E-state index is -0.792. The van der Waals surface area contributed by atoms with Crippen LogP contribution in [-0.4, -0.2) is 41.7 Å². The number of piperidine rings is 1. The molecule has 1 atom stereocenters. The first-order valence-electron chi connectivity index (χ1n) is 4.42. The molecule has 14 heavy (non-hydrogen) atoms. The molecule has 6 heteroatoms. The molecule has 86 valence electrons. The van der Waals surface area contributed by atoms with Gasteiger partial charge in [-0.2, -0.15) is 0 Å². The van der Waals surface area contributed by atoms with Gasteiger partial charge in [0.05, 0.1) is 0 Å². The van der Waals surface area contributed by atoms with Gasteiger partial charge in [0.1, 0.15) is 6.04 Å². The van der Waals surface area contributed by atoms with E-state index in [9.17, 15) is 4.79 Å². The third kappa shape index (κ3) is 4.46. The largest absolute Gasteiger partial charge is 0.480 e. The van der Waals surface area contributed by atoms with E-state index in [1.54, 1.807) is 0 Å².